The molecular formula is C17H22ClN3OS2. The Morgan fingerprint density at radius 3 is 2.46 bits per heavy atom. The molecule has 0 spiro atoms. The monoisotopic (exact) mass is 383 g/mol. The average molecular weight is 384 g/mol. The van der Waals surface area contributed by atoms with Crippen LogP contribution in [0.3, 0.4) is 0 Å². The molecule has 7 heteroatoms. The van der Waals surface area contributed by atoms with Crippen molar-refractivity contribution in [3.05, 3.63) is 38.3 Å². The first-order valence-corrected chi connectivity index (χ1v) is 10.3. The van der Waals surface area contributed by atoms with Gasteiger partial charge in [-0.1, -0.05) is 23.4 Å². The first-order valence-electron chi connectivity index (χ1n) is 7.84. The first-order chi connectivity index (χ1) is 11.4. The van der Waals surface area contributed by atoms with Gasteiger partial charge in [-0.25, -0.2) is 9.97 Å². The number of carbonyl (C=O) groups excluding carboxylic acids is 1. The zero-order chi connectivity index (χ0) is 17.7. The minimum atomic E-state index is 0.148. The number of nitrogens with zero attached hydrogens (tertiary/aromatic N) is 3. The molecule has 0 saturated heterocycles. The van der Waals surface area contributed by atoms with Crippen LogP contribution in [0.2, 0.25) is 4.34 Å². The molecule has 2 aromatic heterocycles. The second kappa shape index (κ2) is 8.83. The third kappa shape index (κ3) is 4.94. The van der Waals surface area contributed by atoms with E-state index in [4.69, 9.17) is 11.6 Å². The van der Waals surface area contributed by atoms with Crippen LogP contribution >= 0.6 is 34.7 Å². The molecular weight excluding hydrogens is 362 g/mol. The molecule has 4 nitrogen and oxygen atoms in total. The van der Waals surface area contributed by atoms with Gasteiger partial charge in [0.1, 0.15) is 0 Å². The lowest BCUT2D eigenvalue weighted by Gasteiger charge is -2.20. The fraction of sp³-hybridized carbons (Fsp3) is 0.471. The number of amides is 1. The molecule has 0 aliphatic heterocycles. The Hall–Kier alpha value is -1.11. The number of halogens is 1. The lowest BCUT2D eigenvalue weighted by Crippen LogP contribution is -2.30. The molecule has 0 aliphatic carbocycles. The van der Waals surface area contributed by atoms with E-state index in [1.807, 2.05) is 44.1 Å². The standard InChI is InChI=1S/C17H22ClN3OS2/c1-5-21(10-13-6-8-15(18)24-13)16(22)9-7-14-11(2)19-17(23-4)20-12(14)3/h6,8H,5,7,9-10H2,1-4H3. The highest BCUT2D eigenvalue weighted by Crippen LogP contribution is 2.23. The Balaban J connectivity index is 2.01. The summed E-state index contributed by atoms with van der Waals surface area (Å²) in [5.41, 5.74) is 3.01. The van der Waals surface area contributed by atoms with Crippen LogP contribution in [0.4, 0.5) is 0 Å². The predicted molar refractivity (Wildman–Crippen MR) is 102 cm³/mol. The quantitative estimate of drug-likeness (QED) is 0.521. The van der Waals surface area contributed by atoms with Gasteiger partial charge in [-0.15, -0.1) is 11.3 Å². The van der Waals surface area contributed by atoms with E-state index in [0.29, 0.717) is 25.9 Å². The molecule has 0 atom stereocenters. The van der Waals surface area contributed by atoms with Gasteiger partial charge in [0.25, 0.3) is 0 Å². The molecule has 24 heavy (non-hydrogen) atoms. The van der Waals surface area contributed by atoms with Crippen molar-refractivity contribution < 1.29 is 4.79 Å². The maximum Gasteiger partial charge on any atom is 0.223 e. The summed E-state index contributed by atoms with van der Waals surface area (Å²) in [6, 6.07) is 3.85. The highest BCUT2D eigenvalue weighted by atomic mass is 35.5. The Kier molecular flexibility index (Phi) is 7.07. The van der Waals surface area contributed by atoms with Crippen molar-refractivity contribution in [2.45, 2.75) is 45.3 Å². The predicted octanol–water partition coefficient (Wildman–Crippen LogP) is 4.51. The maximum absolute atomic E-state index is 12.6. The van der Waals surface area contributed by atoms with E-state index in [0.717, 1.165) is 31.3 Å². The normalized spacial score (nSPS) is 10.9. The van der Waals surface area contributed by atoms with Crippen LogP contribution in [-0.4, -0.2) is 33.6 Å². The van der Waals surface area contributed by atoms with Gasteiger partial charge < -0.3 is 4.90 Å². The summed E-state index contributed by atoms with van der Waals surface area (Å²) in [6.07, 6.45) is 3.11. The summed E-state index contributed by atoms with van der Waals surface area (Å²) in [5, 5.41) is 0.782. The van der Waals surface area contributed by atoms with Crippen molar-refractivity contribution in [3.63, 3.8) is 0 Å². The fourth-order valence-corrected chi connectivity index (χ4v) is 4.11. The second-order valence-electron chi connectivity index (χ2n) is 5.47. The van der Waals surface area contributed by atoms with Gasteiger partial charge in [0, 0.05) is 29.2 Å². The summed E-state index contributed by atoms with van der Waals surface area (Å²) < 4.78 is 0.755. The number of rotatable bonds is 7. The van der Waals surface area contributed by atoms with Gasteiger partial charge >= 0.3 is 0 Å². The minimum Gasteiger partial charge on any atom is -0.338 e. The molecule has 2 aromatic rings. The van der Waals surface area contributed by atoms with Gasteiger partial charge in [-0.3, -0.25) is 4.79 Å². The number of aryl methyl sites for hydroxylation is 2. The highest BCUT2D eigenvalue weighted by molar-refractivity contribution is 7.98. The number of hydrogen-bond donors (Lipinski definition) is 0. The van der Waals surface area contributed by atoms with Crippen molar-refractivity contribution in [2.24, 2.45) is 0 Å². The lowest BCUT2D eigenvalue weighted by atomic mass is 10.1. The Morgan fingerprint density at radius 2 is 1.96 bits per heavy atom. The van der Waals surface area contributed by atoms with Gasteiger partial charge in [-0.2, -0.15) is 0 Å². The van der Waals surface area contributed by atoms with Crippen LogP contribution in [0.15, 0.2) is 17.3 Å². The topological polar surface area (TPSA) is 46.1 Å². The van der Waals surface area contributed by atoms with E-state index < -0.39 is 0 Å². The molecule has 0 radical (unpaired) electrons. The Labute approximate surface area is 156 Å². The number of thiophene rings is 1. The van der Waals surface area contributed by atoms with Crippen LogP contribution < -0.4 is 0 Å². The van der Waals surface area contributed by atoms with E-state index in [2.05, 4.69) is 9.97 Å². The number of aromatic nitrogens is 2. The summed E-state index contributed by atoms with van der Waals surface area (Å²) in [7, 11) is 0. The zero-order valence-electron chi connectivity index (χ0n) is 14.4. The lowest BCUT2D eigenvalue weighted by molar-refractivity contribution is -0.131. The molecule has 0 aromatic carbocycles. The molecule has 0 unspecified atom stereocenters. The smallest absolute Gasteiger partial charge is 0.223 e. The Morgan fingerprint density at radius 1 is 1.29 bits per heavy atom. The Bertz CT molecular complexity index is 695. The second-order valence-corrected chi connectivity index (χ2v) is 8.05. The van der Waals surface area contributed by atoms with Crippen molar-refractivity contribution in [1.82, 2.24) is 14.9 Å². The first kappa shape index (κ1) is 19.2. The summed E-state index contributed by atoms with van der Waals surface area (Å²) in [4.78, 5) is 24.5. The van der Waals surface area contributed by atoms with Crippen molar-refractivity contribution in [1.29, 1.82) is 0 Å². The summed E-state index contributed by atoms with van der Waals surface area (Å²) >= 11 is 9.02. The molecule has 2 heterocycles. The van der Waals surface area contributed by atoms with Crippen LogP contribution in [0.25, 0.3) is 0 Å². The average Bonchev–Trinajstić information content (AvgIpc) is 2.96. The largest absolute Gasteiger partial charge is 0.338 e. The van der Waals surface area contributed by atoms with E-state index in [9.17, 15) is 4.79 Å². The number of hydrogen-bond acceptors (Lipinski definition) is 5. The molecule has 0 saturated carbocycles. The highest BCUT2D eigenvalue weighted by Gasteiger charge is 2.15. The van der Waals surface area contributed by atoms with Crippen LogP contribution in [0.5, 0.6) is 0 Å². The van der Waals surface area contributed by atoms with Crippen molar-refractivity contribution >= 4 is 40.6 Å². The minimum absolute atomic E-state index is 0.148. The van der Waals surface area contributed by atoms with E-state index in [1.54, 1.807) is 0 Å². The summed E-state index contributed by atoms with van der Waals surface area (Å²) in [5.74, 6) is 0.148. The molecule has 0 N–H and O–H groups in total. The molecule has 1 amide bonds. The van der Waals surface area contributed by atoms with E-state index in [-0.39, 0.29) is 5.91 Å². The number of thioether (sulfide) groups is 1. The van der Waals surface area contributed by atoms with Crippen molar-refractivity contribution in [2.75, 3.05) is 12.8 Å². The van der Waals surface area contributed by atoms with Crippen molar-refractivity contribution in [3.8, 4) is 0 Å². The molecule has 0 fully saturated rings. The van der Waals surface area contributed by atoms with Gasteiger partial charge in [0.2, 0.25) is 5.91 Å². The molecule has 2 rings (SSSR count). The van der Waals surface area contributed by atoms with E-state index in [1.165, 1.54) is 23.1 Å². The van der Waals surface area contributed by atoms with Gasteiger partial charge in [0.05, 0.1) is 10.9 Å². The molecule has 0 bridgehead atoms. The van der Waals surface area contributed by atoms with Gasteiger partial charge in [0.15, 0.2) is 5.16 Å². The van der Waals surface area contributed by atoms with E-state index >= 15 is 0 Å². The third-order valence-corrected chi connectivity index (χ3v) is 5.65. The molecule has 0 aliphatic rings. The van der Waals surface area contributed by atoms with Crippen LogP contribution in [0, 0.1) is 13.8 Å². The van der Waals surface area contributed by atoms with Crippen LogP contribution in [-0.2, 0) is 17.8 Å². The van der Waals surface area contributed by atoms with Gasteiger partial charge in [-0.05, 0) is 51.1 Å². The fourth-order valence-electron chi connectivity index (χ4n) is 2.55. The summed E-state index contributed by atoms with van der Waals surface area (Å²) in [6.45, 7) is 7.28. The maximum atomic E-state index is 12.6. The SMILES string of the molecule is CCN(Cc1ccc(Cl)s1)C(=O)CCc1c(C)nc(SC)nc1C. The number of carbonyl (C=O) groups is 1. The third-order valence-electron chi connectivity index (χ3n) is 3.88. The van der Waals surface area contributed by atoms with Crippen LogP contribution in [0.1, 0.15) is 35.2 Å². The zero-order valence-corrected chi connectivity index (χ0v) is 16.8. The molecule has 130 valence electrons.